The van der Waals surface area contributed by atoms with Gasteiger partial charge in [0, 0.05) is 12.6 Å². The van der Waals surface area contributed by atoms with E-state index < -0.39 is 10.3 Å². The first-order valence-electron chi connectivity index (χ1n) is 5.71. The van der Waals surface area contributed by atoms with Gasteiger partial charge < -0.3 is 10.6 Å². The Labute approximate surface area is 105 Å². The zero-order valence-corrected chi connectivity index (χ0v) is 10.6. The first-order chi connectivity index (χ1) is 8.30. The van der Waals surface area contributed by atoms with Crippen LogP contribution in [0.25, 0.3) is 0 Å². The Hall–Kier alpha value is -2.11. The van der Waals surface area contributed by atoms with E-state index >= 15 is 0 Å². The van der Waals surface area contributed by atoms with Gasteiger partial charge in [0.25, 0.3) is 5.69 Å². The van der Waals surface area contributed by atoms with Crippen molar-refractivity contribution in [3.05, 3.63) is 27.8 Å². The maximum atomic E-state index is 12.2. The molecule has 1 aliphatic rings. The average molecular weight is 249 g/mol. The third kappa shape index (κ3) is 1.45. The number of carbonyl (C=O) groups excluding carboxylic acids is 1. The zero-order chi connectivity index (χ0) is 13.7. The number of nitro benzene ring substituents is 1. The van der Waals surface area contributed by atoms with Crippen LogP contribution in [0, 0.1) is 10.1 Å². The Bertz CT molecular complexity index is 552. The number of carbonyl (C=O) groups is 1. The van der Waals surface area contributed by atoms with Gasteiger partial charge in [-0.3, -0.25) is 14.9 Å². The van der Waals surface area contributed by atoms with E-state index in [0.717, 1.165) is 5.56 Å². The van der Waals surface area contributed by atoms with E-state index in [4.69, 9.17) is 5.73 Å². The molecule has 18 heavy (non-hydrogen) atoms. The highest BCUT2D eigenvalue weighted by molar-refractivity contribution is 6.08. The zero-order valence-electron chi connectivity index (χ0n) is 10.6. The Balaban J connectivity index is 2.71. The largest absolute Gasteiger partial charge is 0.393 e. The van der Waals surface area contributed by atoms with Gasteiger partial charge in [-0.1, -0.05) is 0 Å². The standard InChI is InChI=1S/C12H15N3O3/c1-4-14-9-6-10(15(17)18)8(13)5-7(9)12(2,3)11(14)16/h5-6H,4,13H2,1-3H3. The summed E-state index contributed by atoms with van der Waals surface area (Å²) in [4.78, 5) is 24.1. The van der Waals surface area contributed by atoms with Crippen molar-refractivity contribution in [3.8, 4) is 0 Å². The van der Waals surface area contributed by atoms with Crippen molar-refractivity contribution in [2.75, 3.05) is 17.2 Å². The highest BCUT2D eigenvalue weighted by Gasteiger charge is 2.44. The lowest BCUT2D eigenvalue weighted by atomic mass is 9.86. The lowest BCUT2D eigenvalue weighted by Gasteiger charge is -2.18. The van der Waals surface area contributed by atoms with Gasteiger partial charge in [0.15, 0.2) is 0 Å². The number of rotatable bonds is 2. The van der Waals surface area contributed by atoms with Crippen LogP contribution in [0.2, 0.25) is 0 Å². The van der Waals surface area contributed by atoms with E-state index in [-0.39, 0.29) is 17.3 Å². The Morgan fingerprint density at radius 1 is 1.44 bits per heavy atom. The number of nitro groups is 1. The predicted molar refractivity (Wildman–Crippen MR) is 68.6 cm³/mol. The first kappa shape index (κ1) is 12.3. The van der Waals surface area contributed by atoms with Gasteiger partial charge >= 0.3 is 0 Å². The second-order valence-electron chi connectivity index (χ2n) is 4.86. The second kappa shape index (κ2) is 3.69. The van der Waals surface area contributed by atoms with Crippen LogP contribution in [-0.4, -0.2) is 17.4 Å². The number of hydrogen-bond donors (Lipinski definition) is 1. The molecular formula is C12H15N3O3. The molecule has 1 aromatic carbocycles. The molecule has 1 amide bonds. The number of hydrogen-bond acceptors (Lipinski definition) is 4. The topological polar surface area (TPSA) is 89.5 Å². The first-order valence-corrected chi connectivity index (χ1v) is 5.71. The van der Waals surface area contributed by atoms with Crippen molar-refractivity contribution in [2.45, 2.75) is 26.2 Å². The molecule has 6 nitrogen and oxygen atoms in total. The summed E-state index contributed by atoms with van der Waals surface area (Å²) >= 11 is 0. The van der Waals surface area contributed by atoms with Crippen molar-refractivity contribution >= 4 is 23.0 Å². The molecule has 6 heteroatoms. The summed E-state index contributed by atoms with van der Waals surface area (Å²) in [7, 11) is 0. The van der Waals surface area contributed by atoms with Crippen molar-refractivity contribution < 1.29 is 9.72 Å². The number of nitrogens with zero attached hydrogens (tertiary/aromatic N) is 2. The SMILES string of the molecule is CCN1C(=O)C(C)(C)c2cc(N)c([N+](=O)[O-])cc21. The lowest BCUT2D eigenvalue weighted by molar-refractivity contribution is -0.383. The average Bonchev–Trinajstić information content (AvgIpc) is 2.47. The number of nitrogens with two attached hydrogens (primary N) is 1. The van der Waals surface area contributed by atoms with E-state index in [1.165, 1.54) is 6.07 Å². The molecular weight excluding hydrogens is 234 g/mol. The van der Waals surface area contributed by atoms with Gasteiger partial charge in [-0.05, 0) is 32.4 Å². The number of fused-ring (bicyclic) bond motifs is 1. The molecule has 0 atom stereocenters. The molecule has 0 bridgehead atoms. The smallest absolute Gasteiger partial charge is 0.294 e. The fourth-order valence-corrected chi connectivity index (χ4v) is 2.35. The quantitative estimate of drug-likeness (QED) is 0.491. The van der Waals surface area contributed by atoms with E-state index in [2.05, 4.69) is 0 Å². The highest BCUT2D eigenvalue weighted by Crippen LogP contribution is 2.44. The summed E-state index contributed by atoms with van der Waals surface area (Å²) in [5.41, 5.74) is 6.27. The summed E-state index contributed by atoms with van der Waals surface area (Å²) in [6.45, 7) is 5.92. The van der Waals surface area contributed by atoms with Crippen LogP contribution in [0.5, 0.6) is 0 Å². The molecule has 0 aliphatic carbocycles. The summed E-state index contributed by atoms with van der Waals surface area (Å²) in [5, 5.41) is 10.9. The lowest BCUT2D eigenvalue weighted by Crippen LogP contribution is -2.35. The van der Waals surface area contributed by atoms with Gasteiger partial charge in [-0.15, -0.1) is 0 Å². The molecule has 1 aliphatic heterocycles. The van der Waals surface area contributed by atoms with Gasteiger partial charge in [0.05, 0.1) is 16.0 Å². The van der Waals surface area contributed by atoms with Gasteiger partial charge in [-0.25, -0.2) is 0 Å². The Morgan fingerprint density at radius 2 is 2.06 bits per heavy atom. The van der Waals surface area contributed by atoms with E-state index in [9.17, 15) is 14.9 Å². The maximum Gasteiger partial charge on any atom is 0.294 e. The van der Waals surface area contributed by atoms with Crippen molar-refractivity contribution in [1.29, 1.82) is 0 Å². The fraction of sp³-hybridized carbons (Fsp3) is 0.417. The molecule has 2 rings (SSSR count). The molecule has 0 unspecified atom stereocenters. The van der Waals surface area contributed by atoms with Crippen molar-refractivity contribution in [2.24, 2.45) is 0 Å². The number of amides is 1. The molecule has 0 aromatic heterocycles. The molecule has 1 heterocycles. The third-order valence-electron chi connectivity index (χ3n) is 3.40. The molecule has 0 spiro atoms. The number of anilines is 2. The van der Waals surface area contributed by atoms with Gasteiger partial charge in [-0.2, -0.15) is 0 Å². The normalized spacial score (nSPS) is 16.8. The summed E-state index contributed by atoms with van der Waals surface area (Å²) in [6.07, 6.45) is 0. The molecule has 1 aromatic rings. The minimum atomic E-state index is -0.686. The monoisotopic (exact) mass is 249 g/mol. The van der Waals surface area contributed by atoms with E-state index in [1.54, 1.807) is 24.8 Å². The Morgan fingerprint density at radius 3 is 2.56 bits per heavy atom. The summed E-state index contributed by atoms with van der Waals surface area (Å²) in [6, 6.07) is 2.93. The molecule has 2 N–H and O–H groups in total. The van der Waals surface area contributed by atoms with Crippen LogP contribution in [0.4, 0.5) is 17.1 Å². The maximum absolute atomic E-state index is 12.2. The number of benzene rings is 1. The predicted octanol–water partition coefficient (Wildman–Crippen LogP) is 1.82. The fourth-order valence-electron chi connectivity index (χ4n) is 2.35. The summed E-state index contributed by atoms with van der Waals surface area (Å²) in [5.74, 6) is -0.0557. The molecule has 0 radical (unpaired) electrons. The van der Waals surface area contributed by atoms with Crippen LogP contribution < -0.4 is 10.6 Å². The third-order valence-corrected chi connectivity index (χ3v) is 3.40. The van der Waals surface area contributed by atoms with E-state index in [1.807, 2.05) is 6.92 Å². The van der Waals surface area contributed by atoms with E-state index in [0.29, 0.717) is 12.2 Å². The minimum absolute atomic E-state index is 0.0557. The Kier molecular flexibility index (Phi) is 2.53. The van der Waals surface area contributed by atoms with Crippen molar-refractivity contribution in [3.63, 3.8) is 0 Å². The molecule has 0 saturated heterocycles. The van der Waals surface area contributed by atoms with Crippen LogP contribution in [0.15, 0.2) is 12.1 Å². The van der Waals surface area contributed by atoms with Gasteiger partial charge in [0.2, 0.25) is 5.91 Å². The minimum Gasteiger partial charge on any atom is -0.393 e. The molecule has 0 saturated carbocycles. The molecule has 0 fully saturated rings. The van der Waals surface area contributed by atoms with Crippen LogP contribution in [0.3, 0.4) is 0 Å². The van der Waals surface area contributed by atoms with Crippen LogP contribution in [0.1, 0.15) is 26.3 Å². The van der Waals surface area contributed by atoms with Gasteiger partial charge in [0.1, 0.15) is 5.69 Å². The number of nitrogen functional groups attached to an aromatic ring is 1. The van der Waals surface area contributed by atoms with Crippen molar-refractivity contribution in [1.82, 2.24) is 0 Å². The second-order valence-corrected chi connectivity index (χ2v) is 4.86. The van der Waals surface area contributed by atoms with Crippen LogP contribution in [-0.2, 0) is 10.2 Å². The molecule has 96 valence electrons. The van der Waals surface area contributed by atoms with Crippen LogP contribution >= 0.6 is 0 Å². The number of likely N-dealkylation sites (N-methyl/N-ethyl adjacent to an activating group) is 1. The highest BCUT2D eigenvalue weighted by atomic mass is 16.6. The summed E-state index contributed by atoms with van der Waals surface area (Å²) < 4.78 is 0.